The Bertz CT molecular complexity index is 897. The fourth-order valence-electron chi connectivity index (χ4n) is 3.85. The van der Waals surface area contributed by atoms with E-state index in [1.807, 2.05) is 45.0 Å². The highest BCUT2D eigenvalue weighted by Crippen LogP contribution is 2.26. The second-order valence-corrected chi connectivity index (χ2v) is 7.84. The Labute approximate surface area is 178 Å². The summed E-state index contributed by atoms with van der Waals surface area (Å²) >= 11 is 0. The number of nitrogens with two attached hydrogens (primary N) is 1. The summed E-state index contributed by atoms with van der Waals surface area (Å²) in [4.78, 5) is 26.1. The maximum Gasteiger partial charge on any atom is 0.253 e. The van der Waals surface area contributed by atoms with Gasteiger partial charge in [0.25, 0.3) is 5.91 Å². The van der Waals surface area contributed by atoms with Crippen LogP contribution in [0.5, 0.6) is 11.5 Å². The molecule has 30 heavy (non-hydrogen) atoms. The zero-order chi connectivity index (χ0) is 21.7. The molecule has 1 aliphatic rings. The van der Waals surface area contributed by atoms with Crippen LogP contribution in [0.15, 0.2) is 36.4 Å². The fourth-order valence-corrected chi connectivity index (χ4v) is 3.85. The number of amides is 2. The van der Waals surface area contributed by atoms with Crippen LogP contribution in [-0.4, -0.2) is 36.4 Å². The molecule has 1 heterocycles. The van der Waals surface area contributed by atoms with Crippen LogP contribution in [0, 0.1) is 19.8 Å². The molecule has 0 aliphatic carbocycles. The molecule has 1 aliphatic heterocycles. The fraction of sp³-hybridized carbons (Fsp3) is 0.417. The van der Waals surface area contributed by atoms with Gasteiger partial charge in [-0.05, 0) is 75.1 Å². The average Bonchev–Trinajstić information content (AvgIpc) is 2.72. The van der Waals surface area contributed by atoms with Crippen LogP contribution in [0.2, 0.25) is 0 Å². The number of ether oxygens (including phenoxy) is 2. The van der Waals surface area contributed by atoms with E-state index >= 15 is 0 Å². The van der Waals surface area contributed by atoms with Gasteiger partial charge in [0.15, 0.2) is 0 Å². The number of aryl methyl sites for hydroxylation is 2. The molecule has 0 aromatic heterocycles. The maximum atomic E-state index is 13.0. The van der Waals surface area contributed by atoms with Gasteiger partial charge in [-0.2, -0.15) is 0 Å². The summed E-state index contributed by atoms with van der Waals surface area (Å²) in [6.45, 7) is 7.91. The van der Waals surface area contributed by atoms with Crippen LogP contribution in [0.3, 0.4) is 0 Å². The summed E-state index contributed by atoms with van der Waals surface area (Å²) in [5.41, 5.74) is 9.09. The second-order valence-electron chi connectivity index (χ2n) is 7.84. The molecule has 1 fully saturated rings. The molecule has 6 nitrogen and oxygen atoms in total. The predicted octanol–water partition coefficient (Wildman–Crippen LogP) is 3.62. The standard InChI is InChI=1S/C24H30N2O4/c1-4-29-22-6-5-19(24(28)26-9-7-18(8-10-26)23(25)27)14-20(22)15-30-21-12-16(2)11-17(3)13-21/h5-6,11-14,18H,4,7-10,15H2,1-3H3,(H2,25,27). The zero-order valence-corrected chi connectivity index (χ0v) is 17.9. The first-order valence-corrected chi connectivity index (χ1v) is 10.4. The molecule has 0 spiro atoms. The van der Waals surface area contributed by atoms with Gasteiger partial charge in [0.2, 0.25) is 5.91 Å². The lowest BCUT2D eigenvalue weighted by atomic mass is 9.95. The largest absolute Gasteiger partial charge is 0.493 e. The minimum Gasteiger partial charge on any atom is -0.493 e. The monoisotopic (exact) mass is 410 g/mol. The summed E-state index contributed by atoms with van der Waals surface area (Å²) in [6, 6.07) is 11.5. The highest BCUT2D eigenvalue weighted by atomic mass is 16.5. The normalized spacial score (nSPS) is 14.4. The van der Waals surface area contributed by atoms with E-state index in [0.29, 0.717) is 50.5 Å². The Morgan fingerprint density at radius 1 is 1.03 bits per heavy atom. The minimum absolute atomic E-state index is 0.0476. The molecule has 3 rings (SSSR count). The molecule has 1 saturated heterocycles. The van der Waals surface area contributed by atoms with Crippen LogP contribution >= 0.6 is 0 Å². The van der Waals surface area contributed by atoms with Gasteiger partial charge in [-0.15, -0.1) is 0 Å². The maximum absolute atomic E-state index is 13.0. The Morgan fingerprint density at radius 3 is 2.30 bits per heavy atom. The van der Waals surface area contributed by atoms with Crippen molar-refractivity contribution in [2.24, 2.45) is 11.7 Å². The quantitative estimate of drug-likeness (QED) is 0.756. The van der Waals surface area contributed by atoms with E-state index in [-0.39, 0.29) is 17.7 Å². The molecule has 2 amide bonds. The van der Waals surface area contributed by atoms with E-state index in [2.05, 4.69) is 6.07 Å². The summed E-state index contributed by atoms with van der Waals surface area (Å²) in [5.74, 6) is 1.03. The molecule has 0 radical (unpaired) electrons. The first kappa shape index (κ1) is 21.7. The van der Waals surface area contributed by atoms with E-state index < -0.39 is 0 Å². The van der Waals surface area contributed by atoms with Gasteiger partial charge in [0, 0.05) is 30.1 Å². The first-order valence-electron chi connectivity index (χ1n) is 10.4. The number of hydrogen-bond acceptors (Lipinski definition) is 4. The average molecular weight is 411 g/mol. The number of primary amides is 1. The van der Waals surface area contributed by atoms with Gasteiger partial charge in [-0.3, -0.25) is 9.59 Å². The van der Waals surface area contributed by atoms with Crippen molar-refractivity contribution in [3.8, 4) is 11.5 Å². The van der Waals surface area contributed by atoms with E-state index in [9.17, 15) is 9.59 Å². The molecule has 2 aromatic carbocycles. The molecule has 160 valence electrons. The zero-order valence-electron chi connectivity index (χ0n) is 17.9. The number of likely N-dealkylation sites (tertiary alicyclic amines) is 1. The van der Waals surface area contributed by atoms with Gasteiger partial charge in [-0.1, -0.05) is 6.07 Å². The van der Waals surface area contributed by atoms with Crippen LogP contribution in [-0.2, 0) is 11.4 Å². The van der Waals surface area contributed by atoms with Gasteiger partial charge >= 0.3 is 0 Å². The molecule has 2 N–H and O–H groups in total. The molecule has 6 heteroatoms. The lowest BCUT2D eigenvalue weighted by Gasteiger charge is -2.30. The molecule has 0 saturated carbocycles. The van der Waals surface area contributed by atoms with Crippen molar-refractivity contribution in [3.05, 3.63) is 58.7 Å². The number of benzene rings is 2. The number of carbonyl (C=O) groups is 2. The van der Waals surface area contributed by atoms with Crippen molar-refractivity contribution in [1.29, 1.82) is 0 Å². The number of rotatable bonds is 7. The lowest BCUT2D eigenvalue weighted by Crippen LogP contribution is -2.41. The predicted molar refractivity (Wildman–Crippen MR) is 116 cm³/mol. The highest BCUT2D eigenvalue weighted by Gasteiger charge is 2.26. The molecular formula is C24H30N2O4. The van der Waals surface area contributed by atoms with Gasteiger partial charge in [0.1, 0.15) is 18.1 Å². The van der Waals surface area contributed by atoms with Gasteiger partial charge < -0.3 is 20.1 Å². The summed E-state index contributed by atoms with van der Waals surface area (Å²) in [5, 5.41) is 0. The molecule has 0 atom stereocenters. The third-order valence-corrected chi connectivity index (χ3v) is 5.38. The molecule has 0 unspecified atom stereocenters. The Morgan fingerprint density at radius 2 is 1.70 bits per heavy atom. The third-order valence-electron chi connectivity index (χ3n) is 5.38. The van der Waals surface area contributed by atoms with Crippen molar-refractivity contribution >= 4 is 11.8 Å². The van der Waals surface area contributed by atoms with Crippen LogP contribution in [0.1, 0.15) is 46.8 Å². The number of piperidine rings is 1. The van der Waals surface area contributed by atoms with Crippen molar-refractivity contribution < 1.29 is 19.1 Å². The number of carbonyl (C=O) groups excluding carboxylic acids is 2. The Hall–Kier alpha value is -3.02. The van der Waals surface area contributed by atoms with Crippen molar-refractivity contribution in [2.75, 3.05) is 19.7 Å². The summed E-state index contributed by atoms with van der Waals surface area (Å²) < 4.78 is 11.7. The van der Waals surface area contributed by atoms with Crippen molar-refractivity contribution in [2.45, 2.75) is 40.2 Å². The Balaban J connectivity index is 1.75. The third kappa shape index (κ3) is 5.32. The molecular weight excluding hydrogens is 380 g/mol. The van der Waals surface area contributed by atoms with Gasteiger partial charge in [0.05, 0.1) is 6.61 Å². The summed E-state index contributed by atoms with van der Waals surface area (Å²) in [7, 11) is 0. The second kappa shape index (κ2) is 9.65. The SMILES string of the molecule is CCOc1ccc(C(=O)N2CCC(C(N)=O)CC2)cc1COc1cc(C)cc(C)c1. The highest BCUT2D eigenvalue weighted by molar-refractivity contribution is 5.94. The topological polar surface area (TPSA) is 81.9 Å². The summed E-state index contributed by atoms with van der Waals surface area (Å²) in [6.07, 6.45) is 1.22. The first-order chi connectivity index (χ1) is 14.4. The lowest BCUT2D eigenvalue weighted by molar-refractivity contribution is -0.123. The molecule has 2 aromatic rings. The van der Waals surface area contributed by atoms with Gasteiger partial charge in [-0.25, -0.2) is 0 Å². The Kier molecular flexibility index (Phi) is 6.98. The van der Waals surface area contributed by atoms with E-state index in [0.717, 1.165) is 22.4 Å². The van der Waals surface area contributed by atoms with Crippen molar-refractivity contribution in [1.82, 2.24) is 4.90 Å². The van der Waals surface area contributed by atoms with Crippen LogP contribution in [0.25, 0.3) is 0 Å². The number of nitrogens with zero attached hydrogens (tertiary/aromatic N) is 1. The van der Waals surface area contributed by atoms with Crippen LogP contribution in [0.4, 0.5) is 0 Å². The smallest absolute Gasteiger partial charge is 0.253 e. The van der Waals surface area contributed by atoms with E-state index in [1.165, 1.54) is 0 Å². The van der Waals surface area contributed by atoms with Crippen LogP contribution < -0.4 is 15.2 Å². The minimum atomic E-state index is -0.283. The van der Waals surface area contributed by atoms with E-state index in [1.54, 1.807) is 11.0 Å². The molecule has 0 bridgehead atoms. The van der Waals surface area contributed by atoms with Crippen molar-refractivity contribution in [3.63, 3.8) is 0 Å². The number of hydrogen-bond donors (Lipinski definition) is 1. The van der Waals surface area contributed by atoms with E-state index in [4.69, 9.17) is 15.2 Å².